The van der Waals surface area contributed by atoms with Gasteiger partial charge in [-0.2, -0.15) is 0 Å². The van der Waals surface area contributed by atoms with Crippen molar-refractivity contribution >= 4 is 82.1 Å². The van der Waals surface area contributed by atoms with Crippen LogP contribution in [0.4, 0.5) is 4.39 Å². The molecular weight excluding hydrogens is 1380 g/mol. The van der Waals surface area contributed by atoms with Crippen LogP contribution in [0.25, 0.3) is 0 Å². The van der Waals surface area contributed by atoms with Gasteiger partial charge in [0, 0.05) is 61.2 Å². The van der Waals surface area contributed by atoms with Crippen molar-refractivity contribution in [3.8, 4) is 17.2 Å². The summed E-state index contributed by atoms with van der Waals surface area (Å²) < 4.78 is 60.4. The molecular formula is C65H85Cl2FN9O18P3. The Kier molecular flexibility index (Phi) is 32.6. The molecule has 0 aliphatic heterocycles. The van der Waals surface area contributed by atoms with Crippen molar-refractivity contribution in [3.63, 3.8) is 0 Å². The third kappa shape index (κ3) is 31.4. The average molecular weight is 1460 g/mol. The summed E-state index contributed by atoms with van der Waals surface area (Å²) in [5, 5.41) is 16.0. The summed E-state index contributed by atoms with van der Waals surface area (Å²) in [6.07, 6.45) is 5.72. The van der Waals surface area contributed by atoms with Gasteiger partial charge in [0.25, 0.3) is 17.7 Å². The number of pyridine rings is 3. The van der Waals surface area contributed by atoms with E-state index in [0.717, 1.165) is 24.6 Å². The molecule has 12 N–H and O–H groups in total. The number of carbonyl (C=O) groups is 6. The minimum Gasteiger partial charge on any atom is -0.404 e. The van der Waals surface area contributed by atoms with Crippen LogP contribution in [-0.2, 0) is 47.3 Å². The van der Waals surface area contributed by atoms with Gasteiger partial charge in [-0.15, -0.1) is 0 Å². The number of halogens is 3. The summed E-state index contributed by atoms with van der Waals surface area (Å²) in [7, 11) is -14.0. The molecule has 27 nitrogen and oxygen atoms in total. The number of phosphoric acid groups is 3. The number of hydrogen-bond acceptors (Lipinski definition) is 15. The molecule has 0 aliphatic rings. The first-order valence-corrected chi connectivity index (χ1v) is 36.2. The van der Waals surface area contributed by atoms with Gasteiger partial charge < -0.3 is 45.5 Å². The highest BCUT2D eigenvalue weighted by Gasteiger charge is 2.29. The minimum absolute atomic E-state index is 0.00315. The highest BCUT2D eigenvalue weighted by atomic mass is 35.5. The van der Waals surface area contributed by atoms with E-state index in [2.05, 4.69) is 88.1 Å². The van der Waals surface area contributed by atoms with Gasteiger partial charge in [0.05, 0.1) is 16.7 Å². The molecule has 98 heavy (non-hydrogen) atoms. The monoisotopic (exact) mass is 1460 g/mol. The largest absolute Gasteiger partial charge is 0.524 e. The molecule has 0 bridgehead atoms. The second-order valence-electron chi connectivity index (χ2n) is 24.4. The molecule has 534 valence electrons. The van der Waals surface area contributed by atoms with Crippen LogP contribution in [0.1, 0.15) is 141 Å². The normalized spacial score (nSPS) is 13.3. The predicted molar refractivity (Wildman–Crippen MR) is 366 cm³/mol. The maximum atomic E-state index is 13.8. The molecule has 3 aromatic heterocycles. The van der Waals surface area contributed by atoms with Crippen molar-refractivity contribution in [3.05, 3.63) is 176 Å². The summed E-state index contributed by atoms with van der Waals surface area (Å²) in [5.74, 6) is -2.64. The van der Waals surface area contributed by atoms with E-state index in [1.165, 1.54) is 54.7 Å². The Balaban J connectivity index is 0.000000312. The van der Waals surface area contributed by atoms with Gasteiger partial charge >= 0.3 is 23.5 Å². The zero-order chi connectivity index (χ0) is 73.4. The zero-order valence-corrected chi connectivity index (χ0v) is 60.0. The summed E-state index contributed by atoms with van der Waals surface area (Å²) in [4.78, 5) is 142. The van der Waals surface area contributed by atoms with Crippen molar-refractivity contribution in [1.82, 2.24) is 46.9 Å². The highest BCUT2D eigenvalue weighted by molar-refractivity contribution is 7.47. The fraction of sp³-hybridized carbons (Fsp3) is 0.400. The number of carbonyl (C=O) groups excluding carboxylic acids is 6. The third-order valence-electron chi connectivity index (χ3n) is 13.8. The molecule has 6 unspecified atom stereocenters. The van der Waals surface area contributed by atoms with Crippen LogP contribution < -0.4 is 45.5 Å². The first-order chi connectivity index (χ1) is 45.6. The van der Waals surface area contributed by atoms with Gasteiger partial charge in [-0.25, -0.2) is 23.1 Å². The predicted octanol–water partition coefficient (Wildman–Crippen LogP) is 9.40. The van der Waals surface area contributed by atoms with Gasteiger partial charge in [0.2, 0.25) is 17.7 Å². The number of nitrogens with one attached hydrogen (secondary N) is 6. The third-order valence-corrected chi connectivity index (χ3v) is 15.7. The van der Waals surface area contributed by atoms with E-state index in [-0.39, 0.29) is 77.2 Å². The molecule has 6 atom stereocenters. The van der Waals surface area contributed by atoms with Crippen LogP contribution in [0, 0.1) is 37.4 Å². The Bertz CT molecular complexity index is 3790. The number of amides is 6. The number of hydrogen-bond donors (Lipinski definition) is 12. The Labute approximate surface area is 578 Å². The molecule has 0 saturated heterocycles. The average Bonchev–Trinajstić information content (AvgIpc) is 0.839. The number of rotatable bonds is 30. The van der Waals surface area contributed by atoms with Crippen molar-refractivity contribution in [2.75, 3.05) is 0 Å². The lowest BCUT2D eigenvalue weighted by molar-refractivity contribution is -0.124. The van der Waals surface area contributed by atoms with Gasteiger partial charge in [-0.05, 0) is 155 Å². The summed E-state index contributed by atoms with van der Waals surface area (Å²) in [5.41, 5.74) is 3.68. The van der Waals surface area contributed by atoms with E-state index in [1.807, 2.05) is 41.5 Å². The van der Waals surface area contributed by atoms with Crippen molar-refractivity contribution in [2.45, 2.75) is 151 Å². The van der Waals surface area contributed by atoms with Crippen molar-refractivity contribution in [1.29, 1.82) is 0 Å². The number of benzene rings is 3. The minimum atomic E-state index is -4.72. The van der Waals surface area contributed by atoms with E-state index < -0.39 is 76.2 Å². The standard InChI is InChI=1S/2C22H30N3O6P.C21H25Cl2FN3O6P/c1-14(2)11-16(4)24-22(27)20(25-21(26)18-8-5-15(3)23-13-18)12-17-6-9-19(10-7-17)31-32(28,29)30;1-14(2)12-15(3)24-22(27)20(25-21(26)19-6-5-11-23-16(19)4)13-17-7-9-18(10-8-17)31-32(28,29)30;1-11(2)8-12(3)25-21(29)17(9-13-4-6-14(7-5-13)33-34(30,31)32)26-20(28)15-10-16(24)19(23)27-18(15)22/h5-10,13-14,16,20H,11-12H2,1-4H3,(H,24,27)(H,25,26)(H2,28,29,30);5-11,14-15,20H,12-13H2,1-4H3,(H,24,27)(H,25,26)(H2,28,29,30);4-7,10-12,17H,8-9H2,1-3H3,(H,25,29)(H,26,28)(H2,30,31,32). The van der Waals surface area contributed by atoms with Crippen LogP contribution in [-0.4, -0.2) is 116 Å². The van der Waals surface area contributed by atoms with E-state index in [0.29, 0.717) is 57.7 Å². The molecule has 0 aliphatic carbocycles. The van der Waals surface area contributed by atoms with Gasteiger partial charge in [0.15, 0.2) is 11.0 Å². The number of nitrogens with zero attached hydrogens (tertiary/aromatic N) is 3. The number of phosphoric ester groups is 3. The lowest BCUT2D eigenvalue weighted by Gasteiger charge is -2.23. The molecule has 6 amide bonds. The first-order valence-electron chi connectivity index (χ1n) is 30.8. The Morgan fingerprint density at radius 1 is 0.469 bits per heavy atom. The molecule has 6 aromatic rings. The number of aromatic nitrogens is 3. The maximum Gasteiger partial charge on any atom is 0.524 e. The van der Waals surface area contributed by atoms with Crippen LogP contribution in [0.5, 0.6) is 17.2 Å². The van der Waals surface area contributed by atoms with Crippen LogP contribution in [0.2, 0.25) is 10.3 Å². The molecule has 0 spiro atoms. The van der Waals surface area contributed by atoms with E-state index >= 15 is 0 Å². The first kappa shape index (κ1) is 82.7. The summed E-state index contributed by atoms with van der Waals surface area (Å²) in [6, 6.07) is 22.0. The molecule has 3 aromatic carbocycles. The topological polar surface area (TPSA) is 414 Å². The smallest absolute Gasteiger partial charge is 0.404 e. The van der Waals surface area contributed by atoms with Crippen molar-refractivity contribution in [2.24, 2.45) is 17.8 Å². The van der Waals surface area contributed by atoms with Crippen LogP contribution in [0.3, 0.4) is 0 Å². The second-order valence-corrected chi connectivity index (χ2v) is 28.6. The molecule has 0 fully saturated rings. The lowest BCUT2D eigenvalue weighted by atomic mass is 10.0. The Morgan fingerprint density at radius 2 is 0.816 bits per heavy atom. The summed E-state index contributed by atoms with van der Waals surface area (Å²) in [6.45, 7) is 21.5. The van der Waals surface area contributed by atoms with Gasteiger partial charge in [0.1, 0.15) is 40.5 Å². The number of aryl methyl sites for hydroxylation is 2. The Hall–Kier alpha value is -7.71. The zero-order valence-electron chi connectivity index (χ0n) is 55.8. The van der Waals surface area contributed by atoms with Crippen molar-refractivity contribution < 1.29 is 89.8 Å². The quantitative estimate of drug-likeness (QED) is 0.0147. The van der Waals surface area contributed by atoms with Gasteiger partial charge in [-0.1, -0.05) is 101 Å². The fourth-order valence-electron chi connectivity index (χ4n) is 9.78. The summed E-state index contributed by atoms with van der Waals surface area (Å²) >= 11 is 11.5. The Morgan fingerprint density at radius 3 is 1.13 bits per heavy atom. The molecule has 0 saturated carbocycles. The molecule has 3 heterocycles. The SMILES string of the molecule is CC(C)CC(C)NC(=O)C(Cc1ccc(OP(=O)(O)O)cc1)NC(=O)c1cc(F)c(Cl)nc1Cl.Cc1ccc(C(=O)NC(Cc2ccc(OP(=O)(O)O)cc2)C(=O)NC(C)CC(C)C)cn1.Cc1ncccc1C(=O)NC(Cc1ccc(OP(=O)(O)O)cc1)C(=O)NC(C)CC(C)C. The van der Waals surface area contributed by atoms with E-state index in [9.17, 15) is 46.9 Å². The lowest BCUT2D eigenvalue weighted by Crippen LogP contribution is -2.50. The molecule has 0 radical (unpaired) electrons. The van der Waals surface area contributed by atoms with Gasteiger partial charge in [-0.3, -0.25) is 68.1 Å². The second kappa shape index (κ2) is 38.6. The van der Waals surface area contributed by atoms with Crippen LogP contribution >= 0.6 is 46.7 Å². The van der Waals surface area contributed by atoms with Crippen LogP contribution in [0.15, 0.2) is 116 Å². The fourth-order valence-corrected chi connectivity index (χ4v) is 11.4. The highest BCUT2D eigenvalue weighted by Crippen LogP contribution is 2.39. The molecule has 6 rings (SSSR count). The maximum absolute atomic E-state index is 13.8. The van der Waals surface area contributed by atoms with E-state index in [4.69, 9.17) is 52.6 Å². The molecule has 33 heteroatoms. The van der Waals surface area contributed by atoms with E-state index in [1.54, 1.807) is 61.7 Å².